The highest BCUT2D eigenvalue weighted by Crippen LogP contribution is 2.29. The highest BCUT2D eigenvalue weighted by Gasteiger charge is 2.17. The smallest absolute Gasteiger partial charge is 0.262 e. The molecule has 0 amide bonds. The van der Waals surface area contributed by atoms with E-state index in [4.69, 9.17) is 9.47 Å². The van der Waals surface area contributed by atoms with Crippen molar-refractivity contribution < 1.29 is 28.1 Å². The van der Waals surface area contributed by atoms with Gasteiger partial charge in [0, 0.05) is 18.8 Å². The first-order chi connectivity index (χ1) is 18.9. The molecule has 4 aromatic rings. The number of hydrogen-bond acceptors (Lipinski definition) is 8. The van der Waals surface area contributed by atoms with E-state index in [0.29, 0.717) is 17.9 Å². The number of aliphatic hydroxyl groups excluding tert-OH is 2. The molecule has 0 aliphatic rings. The van der Waals surface area contributed by atoms with Crippen LogP contribution >= 0.6 is 0 Å². The molecule has 4 rings (SSSR count). The van der Waals surface area contributed by atoms with Crippen LogP contribution in [0.25, 0.3) is 0 Å². The van der Waals surface area contributed by atoms with E-state index in [0.717, 1.165) is 5.56 Å². The molecule has 0 fully saturated rings. The summed E-state index contributed by atoms with van der Waals surface area (Å²) >= 11 is 0. The number of aliphatic hydroxyl groups is 2. The molecular formula is C29H31N3O6S. The van der Waals surface area contributed by atoms with E-state index >= 15 is 0 Å². The molecule has 0 saturated heterocycles. The highest BCUT2D eigenvalue weighted by molar-refractivity contribution is 7.92. The lowest BCUT2D eigenvalue weighted by Crippen LogP contribution is -2.41. The number of hydrogen-bond donors (Lipinski definition) is 4. The minimum atomic E-state index is -3.81. The van der Waals surface area contributed by atoms with E-state index in [-0.39, 0.29) is 42.3 Å². The normalized spacial score (nSPS) is 12.9. The Balaban J connectivity index is 1.31. The Morgan fingerprint density at radius 1 is 0.846 bits per heavy atom. The van der Waals surface area contributed by atoms with Crippen LogP contribution in [0, 0.1) is 0 Å². The molecule has 2 atom stereocenters. The molecule has 0 radical (unpaired) electrons. The molecule has 10 heteroatoms. The van der Waals surface area contributed by atoms with Crippen LogP contribution in [0.15, 0.2) is 108 Å². The predicted molar refractivity (Wildman–Crippen MR) is 149 cm³/mol. The van der Waals surface area contributed by atoms with Crippen LogP contribution in [0.4, 0.5) is 5.69 Å². The van der Waals surface area contributed by atoms with E-state index in [1.807, 2.05) is 42.5 Å². The van der Waals surface area contributed by atoms with Gasteiger partial charge in [-0.2, -0.15) is 0 Å². The van der Waals surface area contributed by atoms with Crippen LogP contribution in [-0.2, 0) is 16.4 Å². The van der Waals surface area contributed by atoms with E-state index < -0.39 is 16.1 Å². The first kappa shape index (κ1) is 28.1. The topological polar surface area (TPSA) is 130 Å². The predicted octanol–water partition coefficient (Wildman–Crippen LogP) is 3.61. The third-order valence-electron chi connectivity index (χ3n) is 5.74. The monoisotopic (exact) mass is 549 g/mol. The number of nitrogens with one attached hydrogen (secondary N) is 2. The van der Waals surface area contributed by atoms with Crippen molar-refractivity contribution in [3.63, 3.8) is 0 Å². The molecule has 0 unspecified atom stereocenters. The van der Waals surface area contributed by atoms with Crippen LogP contribution in [0.1, 0.15) is 5.56 Å². The first-order valence-corrected chi connectivity index (χ1v) is 13.9. The average Bonchev–Trinajstić information content (AvgIpc) is 2.97. The second-order valence-electron chi connectivity index (χ2n) is 8.79. The lowest BCUT2D eigenvalue weighted by molar-refractivity contribution is 0.0997. The highest BCUT2D eigenvalue weighted by atomic mass is 32.2. The zero-order chi connectivity index (χ0) is 27.5. The van der Waals surface area contributed by atoms with Crippen molar-refractivity contribution in [1.82, 2.24) is 10.3 Å². The van der Waals surface area contributed by atoms with Gasteiger partial charge in [-0.15, -0.1) is 0 Å². The Morgan fingerprint density at radius 2 is 1.54 bits per heavy atom. The SMILES string of the molecule is O=S(=O)(Nc1cccnc1Oc1ccc(C[C@@H](CO)NC[C@H](O)COc2ccccc2)cc1)c1ccccc1. The van der Waals surface area contributed by atoms with Gasteiger partial charge in [-0.05, 0) is 60.5 Å². The summed E-state index contributed by atoms with van der Waals surface area (Å²) in [6.07, 6.45) is 1.30. The standard InChI is InChI=1S/C29H31N3O6S/c33-20-23(31-19-24(34)21-37-25-8-3-1-4-9-25)18-22-13-15-26(16-14-22)38-29-28(12-7-17-30-29)32-39(35,36)27-10-5-2-6-11-27/h1-17,23-24,31-34H,18-21H2/t23-,24-/m0/s1. The number of benzene rings is 3. The van der Waals surface area contributed by atoms with Gasteiger partial charge in [0.2, 0.25) is 5.88 Å². The summed E-state index contributed by atoms with van der Waals surface area (Å²) in [5.41, 5.74) is 1.15. The second-order valence-corrected chi connectivity index (χ2v) is 10.5. The van der Waals surface area contributed by atoms with Crippen molar-refractivity contribution in [2.24, 2.45) is 0 Å². The Labute approximate surface area is 228 Å². The van der Waals surface area contributed by atoms with Gasteiger partial charge in [0.05, 0.1) is 11.5 Å². The van der Waals surface area contributed by atoms with Crippen molar-refractivity contribution in [3.05, 3.63) is 109 Å². The molecule has 1 heterocycles. The van der Waals surface area contributed by atoms with E-state index in [1.165, 1.54) is 18.3 Å². The van der Waals surface area contributed by atoms with E-state index in [1.54, 1.807) is 42.5 Å². The fourth-order valence-electron chi connectivity index (χ4n) is 3.71. The van der Waals surface area contributed by atoms with E-state index in [2.05, 4.69) is 15.0 Å². The van der Waals surface area contributed by atoms with E-state index in [9.17, 15) is 18.6 Å². The molecule has 39 heavy (non-hydrogen) atoms. The second kappa shape index (κ2) is 13.7. The molecule has 0 saturated carbocycles. The fraction of sp³-hybridized carbons (Fsp3) is 0.207. The number of ether oxygens (including phenoxy) is 2. The molecule has 9 nitrogen and oxygen atoms in total. The summed E-state index contributed by atoms with van der Waals surface area (Å²) in [6.45, 7) is 0.294. The van der Waals surface area contributed by atoms with Gasteiger partial charge in [0.15, 0.2) is 0 Å². The molecule has 1 aromatic heterocycles. The minimum absolute atomic E-state index is 0.108. The van der Waals surface area contributed by atoms with Crippen molar-refractivity contribution in [2.75, 3.05) is 24.5 Å². The van der Waals surface area contributed by atoms with Crippen LogP contribution < -0.4 is 19.5 Å². The number of para-hydroxylation sites is 1. The Bertz CT molecular complexity index is 1400. The van der Waals surface area contributed by atoms with Crippen molar-refractivity contribution in [2.45, 2.75) is 23.5 Å². The number of sulfonamides is 1. The lowest BCUT2D eigenvalue weighted by atomic mass is 10.1. The molecule has 0 aliphatic heterocycles. The van der Waals surface area contributed by atoms with Gasteiger partial charge in [-0.25, -0.2) is 13.4 Å². The zero-order valence-corrected chi connectivity index (χ0v) is 22.0. The van der Waals surface area contributed by atoms with Crippen molar-refractivity contribution >= 4 is 15.7 Å². The van der Waals surface area contributed by atoms with Crippen molar-refractivity contribution in [1.29, 1.82) is 0 Å². The number of nitrogens with zero attached hydrogens (tertiary/aromatic N) is 1. The third-order valence-corrected chi connectivity index (χ3v) is 7.12. The average molecular weight is 550 g/mol. The number of aromatic nitrogens is 1. The van der Waals surface area contributed by atoms with Gasteiger partial charge in [-0.1, -0.05) is 48.5 Å². The van der Waals surface area contributed by atoms with Crippen LogP contribution in [-0.4, -0.2) is 55.5 Å². The molecule has 0 aliphatic carbocycles. The Hall–Kier alpha value is -3.96. The maximum Gasteiger partial charge on any atom is 0.262 e. The van der Waals surface area contributed by atoms with Gasteiger partial charge < -0.3 is 25.0 Å². The Kier molecular flexibility index (Phi) is 9.87. The summed E-state index contributed by atoms with van der Waals surface area (Å²) in [5.74, 6) is 1.27. The van der Waals surface area contributed by atoms with Gasteiger partial charge in [0.25, 0.3) is 10.0 Å². The largest absolute Gasteiger partial charge is 0.491 e. The summed E-state index contributed by atoms with van der Waals surface area (Å²) in [4.78, 5) is 4.32. The molecule has 0 bridgehead atoms. The molecular weight excluding hydrogens is 518 g/mol. The summed E-state index contributed by atoms with van der Waals surface area (Å²) in [6, 6.07) is 27.4. The fourth-order valence-corrected chi connectivity index (χ4v) is 4.79. The lowest BCUT2D eigenvalue weighted by Gasteiger charge is -2.19. The molecule has 4 N–H and O–H groups in total. The maximum atomic E-state index is 12.7. The summed E-state index contributed by atoms with van der Waals surface area (Å²) in [7, 11) is -3.81. The van der Waals surface area contributed by atoms with Gasteiger partial charge >= 0.3 is 0 Å². The number of rotatable bonds is 14. The Morgan fingerprint density at radius 3 is 2.23 bits per heavy atom. The number of anilines is 1. The quantitative estimate of drug-likeness (QED) is 0.188. The summed E-state index contributed by atoms with van der Waals surface area (Å²) in [5, 5.41) is 23.2. The first-order valence-electron chi connectivity index (χ1n) is 12.4. The maximum absolute atomic E-state index is 12.7. The zero-order valence-electron chi connectivity index (χ0n) is 21.2. The minimum Gasteiger partial charge on any atom is -0.491 e. The number of pyridine rings is 1. The van der Waals surface area contributed by atoms with Crippen LogP contribution in [0.5, 0.6) is 17.4 Å². The van der Waals surface area contributed by atoms with Gasteiger partial charge in [0.1, 0.15) is 29.9 Å². The van der Waals surface area contributed by atoms with Crippen LogP contribution in [0.2, 0.25) is 0 Å². The molecule has 0 spiro atoms. The van der Waals surface area contributed by atoms with Crippen molar-refractivity contribution in [3.8, 4) is 17.4 Å². The van der Waals surface area contributed by atoms with Gasteiger partial charge in [-0.3, -0.25) is 4.72 Å². The third kappa shape index (κ3) is 8.52. The molecule has 3 aromatic carbocycles. The molecule has 204 valence electrons. The summed E-state index contributed by atoms with van der Waals surface area (Å²) < 4.78 is 39.4. The van der Waals surface area contributed by atoms with Crippen LogP contribution in [0.3, 0.4) is 0 Å².